The van der Waals surface area contributed by atoms with Gasteiger partial charge in [-0.1, -0.05) is 31.2 Å². The van der Waals surface area contributed by atoms with E-state index < -0.39 is 11.5 Å². The molecule has 0 bridgehead atoms. The maximum absolute atomic E-state index is 13.0. The van der Waals surface area contributed by atoms with Crippen molar-refractivity contribution < 1.29 is 19.4 Å². The predicted octanol–water partition coefficient (Wildman–Crippen LogP) is 3.85. The van der Waals surface area contributed by atoms with E-state index in [1.165, 1.54) is 18.1 Å². The van der Waals surface area contributed by atoms with Crippen molar-refractivity contribution in [2.45, 2.75) is 82.5 Å². The molecule has 1 aromatic rings. The molecule has 0 amide bonds. The summed E-state index contributed by atoms with van der Waals surface area (Å²) < 4.78 is 6.24. The van der Waals surface area contributed by atoms with Crippen molar-refractivity contribution in [3.05, 3.63) is 47.0 Å². The summed E-state index contributed by atoms with van der Waals surface area (Å²) in [5.41, 5.74) is 3.10. The highest BCUT2D eigenvalue weighted by Gasteiger charge is 2.75. The van der Waals surface area contributed by atoms with Crippen LogP contribution in [0.4, 0.5) is 0 Å². The van der Waals surface area contributed by atoms with Gasteiger partial charge < -0.3 is 9.84 Å². The molecule has 1 spiro atoms. The Bertz CT molecular complexity index is 917. The number of hydrogen-bond donors (Lipinski definition) is 1. The smallest absolute Gasteiger partial charge is 0.164 e. The number of ketones is 2. The molecular weight excluding hydrogens is 364 g/mol. The van der Waals surface area contributed by atoms with Crippen LogP contribution in [0.5, 0.6) is 0 Å². The highest BCUT2D eigenvalue weighted by molar-refractivity contribution is 5.98. The van der Waals surface area contributed by atoms with Crippen molar-refractivity contribution in [1.29, 1.82) is 0 Å². The lowest BCUT2D eigenvalue weighted by atomic mass is 9.49. The third kappa shape index (κ3) is 2.58. The van der Waals surface area contributed by atoms with Gasteiger partial charge in [-0.2, -0.15) is 0 Å². The average molecular weight is 395 g/mol. The number of Topliss-reactive ketones (excluding diaryl/α,β-unsaturated/α-hetero) is 1. The normalized spacial score (nSPS) is 38.9. The van der Waals surface area contributed by atoms with Gasteiger partial charge in [-0.05, 0) is 74.1 Å². The van der Waals surface area contributed by atoms with E-state index in [0.29, 0.717) is 11.8 Å². The number of rotatable bonds is 4. The van der Waals surface area contributed by atoms with Gasteiger partial charge in [0.25, 0.3) is 0 Å². The zero-order chi connectivity index (χ0) is 20.6. The zero-order valence-corrected chi connectivity index (χ0v) is 17.5. The number of aryl methyl sites for hydroxylation is 1. The minimum atomic E-state index is -0.650. The Morgan fingerprint density at radius 3 is 2.93 bits per heavy atom. The van der Waals surface area contributed by atoms with Crippen LogP contribution in [0.3, 0.4) is 0 Å². The van der Waals surface area contributed by atoms with E-state index >= 15 is 0 Å². The summed E-state index contributed by atoms with van der Waals surface area (Å²) in [6.07, 6.45) is 7.32. The van der Waals surface area contributed by atoms with Gasteiger partial charge in [-0.25, -0.2) is 0 Å². The van der Waals surface area contributed by atoms with Crippen molar-refractivity contribution >= 4 is 11.6 Å². The fourth-order valence-corrected chi connectivity index (χ4v) is 6.65. The average Bonchev–Trinajstić information content (AvgIpc) is 3.39. The molecule has 0 radical (unpaired) electrons. The third-order valence-corrected chi connectivity index (χ3v) is 8.48. The monoisotopic (exact) mass is 394 g/mol. The molecule has 1 N–H and O–H groups in total. The highest BCUT2D eigenvalue weighted by atomic mass is 16.6. The number of fused-ring (bicyclic) bond motifs is 4. The van der Waals surface area contributed by atoms with E-state index in [4.69, 9.17) is 4.74 Å². The van der Waals surface area contributed by atoms with Crippen molar-refractivity contribution in [1.82, 2.24) is 0 Å². The van der Waals surface area contributed by atoms with Gasteiger partial charge >= 0.3 is 0 Å². The Labute approximate surface area is 172 Å². The SMILES string of the molecule is CC(=O)C[C@@H](O)[C@@H](C)c1ccc2c(c1)CC[C@H]1[C@H]2C[C@@H]2O[C@@]23CC=CC(=O)[C@]13C. The van der Waals surface area contributed by atoms with Crippen LogP contribution in [0.1, 0.15) is 75.0 Å². The summed E-state index contributed by atoms with van der Waals surface area (Å²) in [6, 6.07) is 6.54. The summed E-state index contributed by atoms with van der Waals surface area (Å²) in [4.78, 5) is 24.4. The van der Waals surface area contributed by atoms with E-state index in [-0.39, 0.29) is 35.6 Å². The van der Waals surface area contributed by atoms with Crippen LogP contribution in [0.15, 0.2) is 30.4 Å². The lowest BCUT2D eigenvalue weighted by molar-refractivity contribution is -0.134. The van der Waals surface area contributed by atoms with Gasteiger partial charge in [-0.3, -0.25) is 9.59 Å². The lowest BCUT2D eigenvalue weighted by Gasteiger charge is -2.51. The van der Waals surface area contributed by atoms with Crippen LogP contribution in [0.2, 0.25) is 0 Å². The second-order valence-electron chi connectivity index (χ2n) is 9.88. The molecule has 5 rings (SSSR count). The van der Waals surface area contributed by atoms with Crippen LogP contribution >= 0.6 is 0 Å². The zero-order valence-electron chi connectivity index (χ0n) is 17.5. The second kappa shape index (κ2) is 6.36. The number of carbonyl (C=O) groups is 2. The lowest BCUT2D eigenvalue weighted by Crippen LogP contribution is -2.56. The van der Waals surface area contributed by atoms with Crippen LogP contribution in [0, 0.1) is 11.3 Å². The fourth-order valence-electron chi connectivity index (χ4n) is 6.65. The minimum absolute atomic E-state index is 0.0136. The van der Waals surface area contributed by atoms with Gasteiger partial charge in [0.1, 0.15) is 11.4 Å². The number of ether oxygens (including phenoxy) is 1. The van der Waals surface area contributed by atoms with Crippen LogP contribution in [0.25, 0.3) is 0 Å². The molecule has 1 saturated carbocycles. The maximum atomic E-state index is 13.0. The molecule has 1 saturated heterocycles. The van der Waals surface area contributed by atoms with Crippen molar-refractivity contribution in [3.8, 4) is 0 Å². The van der Waals surface area contributed by atoms with Crippen LogP contribution < -0.4 is 0 Å². The summed E-state index contributed by atoms with van der Waals surface area (Å²) in [5.74, 6) is 0.848. The Kier molecular flexibility index (Phi) is 4.21. The Balaban J connectivity index is 1.46. The Morgan fingerprint density at radius 1 is 1.38 bits per heavy atom. The number of allylic oxidation sites excluding steroid dienone is 1. The molecule has 1 heterocycles. The molecule has 2 fully saturated rings. The Morgan fingerprint density at radius 2 is 2.17 bits per heavy atom. The molecule has 154 valence electrons. The number of aliphatic hydroxyl groups is 1. The van der Waals surface area contributed by atoms with Gasteiger partial charge in [0, 0.05) is 12.3 Å². The van der Waals surface area contributed by atoms with Crippen molar-refractivity contribution in [3.63, 3.8) is 0 Å². The predicted molar refractivity (Wildman–Crippen MR) is 110 cm³/mol. The summed E-state index contributed by atoms with van der Waals surface area (Å²) >= 11 is 0. The number of benzene rings is 1. The molecule has 29 heavy (non-hydrogen) atoms. The van der Waals surface area contributed by atoms with E-state index in [9.17, 15) is 14.7 Å². The first-order valence-electron chi connectivity index (χ1n) is 11.0. The molecule has 4 heteroatoms. The topological polar surface area (TPSA) is 66.9 Å². The molecule has 7 atom stereocenters. The van der Waals surface area contributed by atoms with E-state index in [1.54, 1.807) is 6.08 Å². The quantitative estimate of drug-likeness (QED) is 0.788. The molecule has 0 unspecified atom stereocenters. The summed E-state index contributed by atoms with van der Waals surface area (Å²) in [7, 11) is 0. The number of hydrogen-bond acceptors (Lipinski definition) is 4. The van der Waals surface area contributed by atoms with Gasteiger partial charge in [0.2, 0.25) is 0 Å². The number of epoxide rings is 1. The van der Waals surface area contributed by atoms with Crippen molar-refractivity contribution in [2.75, 3.05) is 0 Å². The highest BCUT2D eigenvalue weighted by Crippen LogP contribution is 2.69. The molecular formula is C25H30O4. The van der Waals surface area contributed by atoms with Crippen molar-refractivity contribution in [2.24, 2.45) is 11.3 Å². The molecule has 0 aromatic heterocycles. The summed E-state index contributed by atoms with van der Waals surface area (Å²) in [6.45, 7) is 5.66. The standard InChI is InChI=1S/C25H30O4/c1-14(26)11-21(27)15(2)16-6-8-18-17(12-16)7-9-20-19(18)13-23-25(29-23)10-4-5-22(28)24(20,25)3/h4-6,8,12,15,19-21,23,27H,7,9-11,13H2,1-3H3/t15-,19-,20-,21+,23-,24-,25-/m0/s1. The second-order valence-corrected chi connectivity index (χ2v) is 9.88. The van der Waals surface area contributed by atoms with Crippen LogP contribution in [-0.4, -0.2) is 34.5 Å². The van der Waals surface area contributed by atoms with Crippen LogP contribution in [-0.2, 0) is 20.7 Å². The van der Waals surface area contributed by atoms with Gasteiger partial charge in [0.05, 0.1) is 17.6 Å². The minimum Gasteiger partial charge on any atom is -0.392 e. The molecule has 1 aromatic carbocycles. The summed E-state index contributed by atoms with van der Waals surface area (Å²) in [5, 5.41) is 10.4. The molecule has 3 aliphatic carbocycles. The van der Waals surface area contributed by atoms with E-state index in [2.05, 4.69) is 25.1 Å². The van der Waals surface area contributed by atoms with Gasteiger partial charge in [-0.15, -0.1) is 0 Å². The first kappa shape index (κ1) is 19.2. The fraction of sp³-hybridized carbons (Fsp3) is 0.600. The largest absolute Gasteiger partial charge is 0.392 e. The van der Waals surface area contributed by atoms with E-state index in [0.717, 1.165) is 31.2 Å². The van der Waals surface area contributed by atoms with E-state index in [1.807, 2.05) is 13.0 Å². The molecule has 4 aliphatic rings. The molecule has 4 nitrogen and oxygen atoms in total. The maximum Gasteiger partial charge on any atom is 0.164 e. The molecule has 1 aliphatic heterocycles. The first-order chi connectivity index (χ1) is 13.8. The Hall–Kier alpha value is -1.78. The third-order valence-electron chi connectivity index (χ3n) is 8.48. The first-order valence-corrected chi connectivity index (χ1v) is 11.0. The van der Waals surface area contributed by atoms with Gasteiger partial charge in [0.15, 0.2) is 5.78 Å². The number of carbonyl (C=O) groups excluding carboxylic acids is 2. The number of aliphatic hydroxyl groups excluding tert-OH is 1.